The molecule has 2 heterocycles. The van der Waals surface area contributed by atoms with E-state index in [1.807, 2.05) is 12.3 Å². The van der Waals surface area contributed by atoms with Crippen molar-refractivity contribution >= 4 is 5.91 Å². The van der Waals surface area contributed by atoms with Crippen LogP contribution in [0, 0.1) is 16.7 Å². The number of nitrogens with zero attached hydrogens (tertiary/aromatic N) is 2. The summed E-state index contributed by atoms with van der Waals surface area (Å²) in [5, 5.41) is 0. The summed E-state index contributed by atoms with van der Waals surface area (Å²) in [5.41, 5.74) is 1.41. The van der Waals surface area contributed by atoms with Crippen LogP contribution in [-0.2, 0) is 4.79 Å². The monoisotopic (exact) mass is 272 g/mol. The van der Waals surface area contributed by atoms with Gasteiger partial charge in [-0.05, 0) is 35.3 Å². The maximum Gasteiger partial charge on any atom is 0.227 e. The minimum atomic E-state index is 0.117. The summed E-state index contributed by atoms with van der Waals surface area (Å²) >= 11 is 0. The van der Waals surface area contributed by atoms with Gasteiger partial charge in [-0.15, -0.1) is 0 Å². The summed E-state index contributed by atoms with van der Waals surface area (Å²) in [5.74, 6) is 0.499. The number of hydrogen-bond donors (Lipinski definition) is 0. The van der Waals surface area contributed by atoms with E-state index in [2.05, 4.69) is 43.6 Å². The zero-order chi connectivity index (χ0) is 14.5. The summed E-state index contributed by atoms with van der Waals surface area (Å²) in [6.45, 7) is 9.74. The minimum Gasteiger partial charge on any atom is -0.335 e. The van der Waals surface area contributed by atoms with Crippen molar-refractivity contribution < 1.29 is 4.79 Å². The lowest BCUT2D eigenvalue weighted by molar-refractivity contribution is -0.134. The number of pyridine rings is 1. The van der Waals surface area contributed by atoms with Crippen LogP contribution in [0.15, 0.2) is 24.5 Å². The fourth-order valence-electron chi connectivity index (χ4n) is 3.93. The molecular formula is C17H24N2O. The molecule has 1 aliphatic heterocycles. The predicted molar refractivity (Wildman–Crippen MR) is 79.0 cm³/mol. The normalized spacial score (nSPS) is 27.6. The third-order valence-electron chi connectivity index (χ3n) is 5.87. The van der Waals surface area contributed by atoms with Crippen LogP contribution in [0.3, 0.4) is 0 Å². The molecule has 108 valence electrons. The van der Waals surface area contributed by atoms with Crippen molar-refractivity contribution in [3.05, 3.63) is 30.1 Å². The summed E-state index contributed by atoms with van der Waals surface area (Å²) in [6, 6.07) is 4.27. The molecule has 2 aliphatic rings. The van der Waals surface area contributed by atoms with Crippen LogP contribution in [0.25, 0.3) is 0 Å². The molecule has 1 aromatic heterocycles. The second-order valence-corrected chi connectivity index (χ2v) is 7.35. The molecule has 0 radical (unpaired) electrons. The van der Waals surface area contributed by atoms with Gasteiger partial charge in [-0.25, -0.2) is 0 Å². The highest BCUT2D eigenvalue weighted by Crippen LogP contribution is 2.69. The SMILES string of the molecule is CC1(C)C(C(=O)N2CCCC2c2cccnc2)C1(C)C. The van der Waals surface area contributed by atoms with Crippen molar-refractivity contribution in [3.63, 3.8) is 0 Å². The van der Waals surface area contributed by atoms with E-state index >= 15 is 0 Å². The van der Waals surface area contributed by atoms with Gasteiger partial charge < -0.3 is 4.90 Å². The fraction of sp³-hybridized carbons (Fsp3) is 0.647. The number of rotatable bonds is 2. The Morgan fingerprint density at radius 3 is 2.55 bits per heavy atom. The third kappa shape index (κ3) is 1.79. The average Bonchev–Trinajstić information content (AvgIpc) is 2.76. The van der Waals surface area contributed by atoms with E-state index in [4.69, 9.17) is 0 Å². The van der Waals surface area contributed by atoms with Gasteiger partial charge in [0, 0.05) is 24.9 Å². The summed E-state index contributed by atoms with van der Waals surface area (Å²) in [6.07, 6.45) is 5.85. The minimum absolute atomic E-state index is 0.117. The standard InChI is InChI=1S/C17H24N2O/c1-16(2)14(17(16,3)4)15(20)19-10-6-8-13(19)12-7-5-9-18-11-12/h5,7,9,11,13-14H,6,8,10H2,1-4H3. The van der Waals surface area contributed by atoms with Gasteiger partial charge in [0.2, 0.25) is 5.91 Å². The molecule has 1 aromatic rings. The van der Waals surface area contributed by atoms with E-state index in [1.54, 1.807) is 6.20 Å². The quantitative estimate of drug-likeness (QED) is 0.826. The molecule has 20 heavy (non-hydrogen) atoms. The molecule has 1 atom stereocenters. The van der Waals surface area contributed by atoms with Crippen LogP contribution in [0.2, 0.25) is 0 Å². The Hall–Kier alpha value is -1.38. The van der Waals surface area contributed by atoms with Crippen LogP contribution in [0.4, 0.5) is 0 Å². The molecule has 3 rings (SSSR count). The van der Waals surface area contributed by atoms with Crippen molar-refractivity contribution in [1.29, 1.82) is 0 Å². The molecule has 0 N–H and O–H groups in total. The summed E-state index contributed by atoms with van der Waals surface area (Å²) in [4.78, 5) is 19.2. The summed E-state index contributed by atoms with van der Waals surface area (Å²) < 4.78 is 0. The molecule has 0 aromatic carbocycles. The predicted octanol–water partition coefficient (Wildman–Crippen LogP) is 3.43. The molecule has 2 fully saturated rings. The lowest BCUT2D eigenvalue weighted by atomic mass is 10.0. The van der Waals surface area contributed by atoms with Crippen LogP contribution in [-0.4, -0.2) is 22.3 Å². The second kappa shape index (κ2) is 4.31. The molecule has 0 spiro atoms. The first-order valence-corrected chi connectivity index (χ1v) is 7.58. The molecule has 1 unspecified atom stereocenters. The second-order valence-electron chi connectivity index (χ2n) is 7.35. The Balaban J connectivity index is 1.82. The number of carbonyl (C=O) groups is 1. The lowest BCUT2D eigenvalue weighted by Crippen LogP contribution is -2.33. The molecule has 1 saturated carbocycles. The van der Waals surface area contributed by atoms with Gasteiger partial charge in [-0.2, -0.15) is 0 Å². The lowest BCUT2D eigenvalue weighted by Gasteiger charge is -2.26. The zero-order valence-electron chi connectivity index (χ0n) is 12.9. The largest absolute Gasteiger partial charge is 0.335 e. The Morgan fingerprint density at radius 1 is 1.30 bits per heavy atom. The van der Waals surface area contributed by atoms with Crippen molar-refractivity contribution in [3.8, 4) is 0 Å². The van der Waals surface area contributed by atoms with Gasteiger partial charge in [-0.1, -0.05) is 33.8 Å². The van der Waals surface area contributed by atoms with Gasteiger partial charge >= 0.3 is 0 Å². The van der Waals surface area contributed by atoms with Crippen molar-refractivity contribution in [2.45, 2.75) is 46.6 Å². The van der Waals surface area contributed by atoms with Gasteiger partial charge in [0.15, 0.2) is 0 Å². The van der Waals surface area contributed by atoms with Crippen molar-refractivity contribution in [1.82, 2.24) is 9.88 Å². The van der Waals surface area contributed by atoms with Crippen molar-refractivity contribution in [2.24, 2.45) is 16.7 Å². The maximum absolute atomic E-state index is 12.9. The van der Waals surface area contributed by atoms with Gasteiger partial charge in [0.05, 0.1) is 6.04 Å². The van der Waals surface area contributed by atoms with E-state index in [0.717, 1.165) is 19.4 Å². The zero-order valence-corrected chi connectivity index (χ0v) is 12.9. The molecule has 1 saturated heterocycles. The number of hydrogen-bond acceptors (Lipinski definition) is 2. The smallest absolute Gasteiger partial charge is 0.227 e. The van der Waals surface area contributed by atoms with E-state index < -0.39 is 0 Å². The molecule has 3 nitrogen and oxygen atoms in total. The van der Waals surface area contributed by atoms with Gasteiger partial charge in [0.25, 0.3) is 0 Å². The maximum atomic E-state index is 12.9. The first-order chi connectivity index (χ1) is 9.37. The van der Waals surface area contributed by atoms with Crippen LogP contribution in [0.5, 0.6) is 0 Å². The molecule has 3 heteroatoms. The van der Waals surface area contributed by atoms with Crippen LogP contribution < -0.4 is 0 Å². The highest BCUT2D eigenvalue weighted by molar-refractivity contribution is 5.85. The highest BCUT2D eigenvalue weighted by Gasteiger charge is 2.69. The van der Waals surface area contributed by atoms with Crippen LogP contribution >= 0.6 is 0 Å². The van der Waals surface area contributed by atoms with Gasteiger partial charge in [0.1, 0.15) is 0 Å². The summed E-state index contributed by atoms with van der Waals surface area (Å²) in [7, 11) is 0. The first kappa shape index (κ1) is 13.6. The first-order valence-electron chi connectivity index (χ1n) is 7.58. The van der Waals surface area contributed by atoms with E-state index in [0.29, 0.717) is 5.91 Å². The Morgan fingerprint density at radius 2 is 2.00 bits per heavy atom. The van der Waals surface area contributed by atoms with E-state index in [9.17, 15) is 4.79 Å². The van der Waals surface area contributed by atoms with E-state index in [1.165, 1.54) is 5.56 Å². The van der Waals surface area contributed by atoms with Crippen LogP contribution in [0.1, 0.15) is 52.1 Å². The third-order valence-corrected chi connectivity index (χ3v) is 5.87. The van der Waals surface area contributed by atoms with E-state index in [-0.39, 0.29) is 22.8 Å². The average molecular weight is 272 g/mol. The Kier molecular flexibility index (Phi) is 2.93. The number of likely N-dealkylation sites (tertiary alicyclic amines) is 1. The molecule has 1 amide bonds. The topological polar surface area (TPSA) is 33.2 Å². The van der Waals surface area contributed by atoms with Gasteiger partial charge in [-0.3, -0.25) is 9.78 Å². The highest BCUT2D eigenvalue weighted by atomic mass is 16.2. The molecular weight excluding hydrogens is 248 g/mol. The molecule has 0 bridgehead atoms. The number of aromatic nitrogens is 1. The fourth-order valence-corrected chi connectivity index (χ4v) is 3.93. The number of amides is 1. The molecule has 1 aliphatic carbocycles. The Bertz CT molecular complexity index is 507. The van der Waals surface area contributed by atoms with Crippen molar-refractivity contribution in [2.75, 3.05) is 6.54 Å². The number of carbonyl (C=O) groups excluding carboxylic acids is 1. The Labute approximate surface area is 121 Å².